The van der Waals surface area contributed by atoms with Crippen LogP contribution in [0, 0.1) is 0 Å². The van der Waals surface area contributed by atoms with Crippen molar-refractivity contribution < 1.29 is 14.3 Å². The molecular weight excluding hydrogens is 370 g/mol. The van der Waals surface area contributed by atoms with Crippen molar-refractivity contribution in [3.05, 3.63) is 17.1 Å². The van der Waals surface area contributed by atoms with Crippen molar-refractivity contribution in [2.24, 2.45) is 0 Å². The monoisotopic (exact) mass is 403 g/mol. The van der Waals surface area contributed by atoms with Crippen molar-refractivity contribution in [1.82, 2.24) is 19.8 Å². The van der Waals surface area contributed by atoms with E-state index in [1.165, 1.54) is 0 Å². The first-order valence-corrected chi connectivity index (χ1v) is 10.3. The van der Waals surface area contributed by atoms with Crippen LogP contribution in [0.1, 0.15) is 63.2 Å². The molecule has 2 aliphatic heterocycles. The number of methoxy groups -OCH3 is 1. The van der Waals surface area contributed by atoms with Crippen LogP contribution in [0.25, 0.3) is 0 Å². The van der Waals surface area contributed by atoms with Crippen LogP contribution >= 0.6 is 0 Å². The van der Waals surface area contributed by atoms with E-state index in [1.54, 1.807) is 27.9 Å². The molecule has 3 heterocycles. The average molecular weight is 404 g/mol. The minimum Gasteiger partial charge on any atom is -0.369 e. The molecule has 1 unspecified atom stereocenters. The van der Waals surface area contributed by atoms with Gasteiger partial charge >= 0.3 is 0 Å². The molecule has 1 atom stereocenters. The largest absolute Gasteiger partial charge is 0.369 e. The maximum absolute atomic E-state index is 13.2. The minimum absolute atomic E-state index is 0.0276. The molecule has 3 rings (SSSR count). The molecule has 0 aromatic carbocycles. The number of carbonyl (C=O) groups is 2. The van der Waals surface area contributed by atoms with Crippen LogP contribution in [0.3, 0.4) is 0 Å². The van der Waals surface area contributed by atoms with E-state index in [0.29, 0.717) is 31.9 Å². The molecule has 0 radical (unpaired) electrons. The van der Waals surface area contributed by atoms with E-state index in [9.17, 15) is 9.59 Å². The van der Waals surface area contributed by atoms with Crippen molar-refractivity contribution in [3.63, 3.8) is 0 Å². The molecule has 0 spiro atoms. The number of carbonyl (C=O) groups excluding carboxylic acids is 2. The molecule has 0 aliphatic carbocycles. The van der Waals surface area contributed by atoms with Gasteiger partial charge in [-0.05, 0) is 33.1 Å². The molecular formula is C21H33N5O3. The Balaban J connectivity index is 2.00. The Labute approximate surface area is 173 Å². The van der Waals surface area contributed by atoms with Gasteiger partial charge in [-0.1, -0.05) is 0 Å². The number of aromatic nitrogens is 2. The van der Waals surface area contributed by atoms with Gasteiger partial charge in [-0.25, -0.2) is 9.97 Å². The zero-order valence-corrected chi connectivity index (χ0v) is 18.5. The van der Waals surface area contributed by atoms with Gasteiger partial charge in [0.2, 0.25) is 5.91 Å². The fourth-order valence-corrected chi connectivity index (χ4v) is 4.08. The quantitative estimate of drug-likeness (QED) is 0.764. The lowest BCUT2D eigenvalue weighted by molar-refractivity contribution is -0.155. The summed E-state index contributed by atoms with van der Waals surface area (Å²) in [6.07, 6.45) is 3.56. The third-order valence-electron chi connectivity index (χ3n) is 6.01. The first-order chi connectivity index (χ1) is 13.7. The summed E-state index contributed by atoms with van der Waals surface area (Å²) in [5.74, 6) is 1.57. The predicted octanol–water partition coefficient (Wildman–Crippen LogP) is 1.93. The zero-order chi connectivity index (χ0) is 21.3. The normalized spacial score (nSPS) is 19.7. The summed E-state index contributed by atoms with van der Waals surface area (Å²) in [7, 11) is 5.48. The van der Waals surface area contributed by atoms with Crippen molar-refractivity contribution >= 4 is 17.6 Å². The van der Waals surface area contributed by atoms with Gasteiger partial charge in [0.1, 0.15) is 11.4 Å². The first kappa shape index (κ1) is 21.5. The highest BCUT2D eigenvalue weighted by Gasteiger charge is 2.39. The molecule has 2 amide bonds. The SMILES string of the molecule is COC(C)(C)C(=O)N1CCCCC1c1nc2c(c(N(C)C)n1)CN(C(C)=O)CC2. The van der Waals surface area contributed by atoms with Crippen LogP contribution in [0.15, 0.2) is 0 Å². The van der Waals surface area contributed by atoms with Crippen LogP contribution in [0.5, 0.6) is 0 Å². The molecule has 0 N–H and O–H groups in total. The Morgan fingerprint density at radius 3 is 2.52 bits per heavy atom. The third kappa shape index (κ3) is 4.22. The molecule has 8 nitrogen and oxygen atoms in total. The highest BCUT2D eigenvalue weighted by molar-refractivity contribution is 5.85. The number of anilines is 1. The molecule has 160 valence electrons. The summed E-state index contributed by atoms with van der Waals surface area (Å²) in [5, 5.41) is 0. The maximum atomic E-state index is 13.2. The van der Waals surface area contributed by atoms with Gasteiger partial charge in [-0.2, -0.15) is 0 Å². The van der Waals surface area contributed by atoms with Crippen LogP contribution < -0.4 is 4.90 Å². The number of hydrogen-bond acceptors (Lipinski definition) is 6. The standard InChI is InChI=1S/C21H33N5O3/c1-14(27)25-12-10-16-15(13-25)19(24(4)5)23-18(22-16)17-9-7-8-11-26(17)20(28)21(2,3)29-6/h17H,7-13H2,1-6H3. The second kappa shape index (κ2) is 8.26. The predicted molar refractivity (Wildman–Crippen MR) is 111 cm³/mol. The van der Waals surface area contributed by atoms with Gasteiger partial charge in [0.15, 0.2) is 5.82 Å². The molecule has 0 saturated carbocycles. The van der Waals surface area contributed by atoms with E-state index in [0.717, 1.165) is 36.3 Å². The van der Waals surface area contributed by atoms with E-state index < -0.39 is 5.60 Å². The summed E-state index contributed by atoms with van der Waals surface area (Å²) in [4.78, 5) is 40.5. The van der Waals surface area contributed by atoms with Crippen molar-refractivity contribution in [1.29, 1.82) is 0 Å². The topological polar surface area (TPSA) is 78.9 Å². The Hall–Kier alpha value is -2.22. The Bertz CT molecular complexity index is 793. The zero-order valence-electron chi connectivity index (χ0n) is 18.5. The summed E-state index contributed by atoms with van der Waals surface area (Å²) in [6, 6.07) is -0.152. The van der Waals surface area contributed by atoms with Crippen molar-refractivity contribution in [2.45, 2.75) is 64.6 Å². The summed E-state index contributed by atoms with van der Waals surface area (Å²) in [6.45, 7) is 7.08. The lowest BCUT2D eigenvalue weighted by Gasteiger charge is -2.39. The molecule has 2 aliphatic rings. The fraction of sp³-hybridized carbons (Fsp3) is 0.714. The van der Waals surface area contributed by atoms with Gasteiger partial charge in [-0.15, -0.1) is 0 Å². The number of amides is 2. The van der Waals surface area contributed by atoms with E-state index in [4.69, 9.17) is 14.7 Å². The lowest BCUT2D eigenvalue weighted by atomic mass is 9.97. The molecule has 1 fully saturated rings. The van der Waals surface area contributed by atoms with E-state index in [-0.39, 0.29) is 17.9 Å². The second-order valence-electron chi connectivity index (χ2n) is 8.64. The van der Waals surface area contributed by atoms with Gasteiger partial charge in [0, 0.05) is 53.2 Å². The van der Waals surface area contributed by atoms with Gasteiger partial charge in [-0.3, -0.25) is 9.59 Å². The van der Waals surface area contributed by atoms with Crippen molar-refractivity contribution in [2.75, 3.05) is 39.2 Å². The number of hydrogen-bond donors (Lipinski definition) is 0. The summed E-state index contributed by atoms with van der Waals surface area (Å²) < 4.78 is 5.45. The highest BCUT2D eigenvalue weighted by Crippen LogP contribution is 2.34. The van der Waals surface area contributed by atoms with E-state index >= 15 is 0 Å². The van der Waals surface area contributed by atoms with Crippen molar-refractivity contribution in [3.8, 4) is 0 Å². The smallest absolute Gasteiger partial charge is 0.254 e. The van der Waals surface area contributed by atoms with Crippen LogP contribution in [0.4, 0.5) is 5.82 Å². The molecule has 8 heteroatoms. The fourth-order valence-electron chi connectivity index (χ4n) is 4.08. The molecule has 1 saturated heterocycles. The third-order valence-corrected chi connectivity index (χ3v) is 6.01. The Kier molecular flexibility index (Phi) is 6.12. The Morgan fingerprint density at radius 2 is 1.90 bits per heavy atom. The minimum atomic E-state index is -0.879. The number of rotatable bonds is 4. The number of nitrogens with zero attached hydrogens (tertiary/aromatic N) is 5. The lowest BCUT2D eigenvalue weighted by Crippen LogP contribution is -2.50. The van der Waals surface area contributed by atoms with E-state index in [1.807, 2.05) is 28.8 Å². The number of likely N-dealkylation sites (tertiary alicyclic amines) is 1. The summed E-state index contributed by atoms with van der Waals surface area (Å²) in [5.41, 5.74) is 1.11. The van der Waals surface area contributed by atoms with Gasteiger partial charge < -0.3 is 19.4 Å². The second-order valence-corrected chi connectivity index (χ2v) is 8.64. The van der Waals surface area contributed by atoms with Gasteiger partial charge in [0.25, 0.3) is 5.91 Å². The van der Waals surface area contributed by atoms with Crippen LogP contribution in [-0.4, -0.2) is 71.5 Å². The number of ether oxygens (including phenoxy) is 1. The van der Waals surface area contributed by atoms with Gasteiger partial charge in [0.05, 0.1) is 18.3 Å². The number of fused-ring (bicyclic) bond motifs is 1. The maximum Gasteiger partial charge on any atom is 0.254 e. The molecule has 1 aromatic rings. The highest BCUT2D eigenvalue weighted by atomic mass is 16.5. The van der Waals surface area contributed by atoms with E-state index in [2.05, 4.69) is 0 Å². The van der Waals surface area contributed by atoms with Crippen LogP contribution in [-0.2, 0) is 27.3 Å². The van der Waals surface area contributed by atoms with Crippen LogP contribution in [0.2, 0.25) is 0 Å². The summed E-state index contributed by atoms with van der Waals surface area (Å²) >= 11 is 0. The molecule has 1 aromatic heterocycles. The number of piperidine rings is 1. The Morgan fingerprint density at radius 1 is 1.17 bits per heavy atom. The first-order valence-electron chi connectivity index (χ1n) is 10.3. The molecule has 29 heavy (non-hydrogen) atoms. The average Bonchev–Trinajstić information content (AvgIpc) is 2.71. The molecule has 0 bridgehead atoms.